The summed E-state index contributed by atoms with van der Waals surface area (Å²) < 4.78 is 22.1. The topological polar surface area (TPSA) is 47.4 Å². The van der Waals surface area contributed by atoms with Crippen LogP contribution in [0.1, 0.15) is 40.0 Å². The largest absolute Gasteiger partial charge is 0.443 e. The molecule has 1 saturated heterocycles. The second-order valence-corrected chi connectivity index (χ2v) is 8.48. The Morgan fingerprint density at radius 2 is 1.83 bits per heavy atom. The average molecular weight is 395 g/mol. The first kappa shape index (κ1) is 19.4. The lowest BCUT2D eigenvalue weighted by molar-refractivity contribution is 0.0547. The minimum absolute atomic E-state index is 0.146. The summed E-state index contributed by atoms with van der Waals surface area (Å²) in [6.07, 6.45) is 4.57. The molecular formula is C23H26FN3O2. The van der Waals surface area contributed by atoms with Gasteiger partial charge in [-0.15, -0.1) is 0 Å². The van der Waals surface area contributed by atoms with Crippen LogP contribution in [0.4, 0.5) is 14.9 Å². The summed E-state index contributed by atoms with van der Waals surface area (Å²) in [5, 5.41) is 0.828. The third kappa shape index (κ3) is 3.97. The normalized spacial score (nSPS) is 15.0. The molecule has 2 aromatic heterocycles. The van der Waals surface area contributed by atoms with E-state index in [1.807, 2.05) is 45.0 Å². The standard InChI is InChI=1S/C23H26FN3O2/c1-23(2,3)29-22(28)27-19-10-6-5-9-16(19)13-20(27)21-18(24)14-17(15-25-21)26-11-7-4-8-12-26/h5-6,9-10,13-15H,4,7-8,11-12H2,1-3H3. The lowest BCUT2D eigenvalue weighted by Gasteiger charge is -2.28. The van der Waals surface area contributed by atoms with Gasteiger partial charge in [-0.3, -0.25) is 0 Å². The lowest BCUT2D eigenvalue weighted by Crippen LogP contribution is -2.29. The van der Waals surface area contributed by atoms with Gasteiger partial charge in [0.1, 0.15) is 11.3 Å². The van der Waals surface area contributed by atoms with Crippen molar-refractivity contribution >= 4 is 22.7 Å². The number of carbonyl (C=O) groups excluding carboxylic acids is 1. The first-order chi connectivity index (χ1) is 13.8. The molecule has 4 rings (SSSR count). The number of hydrogen-bond donors (Lipinski definition) is 0. The molecule has 3 aromatic rings. The van der Waals surface area contributed by atoms with E-state index >= 15 is 4.39 Å². The molecule has 0 radical (unpaired) electrons. The Hall–Kier alpha value is -2.89. The smallest absolute Gasteiger partial charge is 0.419 e. The Balaban J connectivity index is 1.79. The molecule has 5 nitrogen and oxygen atoms in total. The molecule has 0 spiro atoms. The van der Waals surface area contributed by atoms with Gasteiger partial charge in [0, 0.05) is 24.5 Å². The van der Waals surface area contributed by atoms with Gasteiger partial charge in [-0.05, 0) is 52.2 Å². The minimum Gasteiger partial charge on any atom is -0.443 e. The van der Waals surface area contributed by atoms with Crippen molar-refractivity contribution in [2.75, 3.05) is 18.0 Å². The van der Waals surface area contributed by atoms with Crippen molar-refractivity contribution in [2.45, 2.75) is 45.6 Å². The second kappa shape index (κ2) is 7.50. The maximum atomic E-state index is 15.1. The molecule has 0 N–H and O–H groups in total. The van der Waals surface area contributed by atoms with Crippen LogP contribution in [0.15, 0.2) is 42.6 Å². The Morgan fingerprint density at radius 1 is 1.10 bits per heavy atom. The fourth-order valence-electron chi connectivity index (χ4n) is 3.77. The zero-order valence-electron chi connectivity index (χ0n) is 17.1. The number of pyridine rings is 1. The molecule has 1 aliphatic heterocycles. The van der Waals surface area contributed by atoms with Gasteiger partial charge in [-0.1, -0.05) is 18.2 Å². The zero-order chi connectivity index (χ0) is 20.6. The summed E-state index contributed by atoms with van der Waals surface area (Å²) >= 11 is 0. The van der Waals surface area contributed by atoms with E-state index in [9.17, 15) is 4.79 Å². The van der Waals surface area contributed by atoms with Crippen LogP contribution in [0.2, 0.25) is 0 Å². The van der Waals surface area contributed by atoms with Gasteiger partial charge in [0.15, 0.2) is 5.82 Å². The predicted octanol–water partition coefficient (Wildman–Crippen LogP) is 5.62. The van der Waals surface area contributed by atoms with Crippen molar-refractivity contribution in [3.8, 4) is 11.4 Å². The summed E-state index contributed by atoms with van der Waals surface area (Å²) in [5.74, 6) is -0.444. The third-order valence-corrected chi connectivity index (χ3v) is 5.08. The lowest BCUT2D eigenvalue weighted by atomic mass is 10.1. The number of halogens is 1. The number of rotatable bonds is 2. The van der Waals surface area contributed by atoms with Gasteiger partial charge in [-0.25, -0.2) is 18.7 Å². The molecule has 0 saturated carbocycles. The van der Waals surface area contributed by atoms with Gasteiger partial charge in [-0.2, -0.15) is 0 Å². The fraction of sp³-hybridized carbons (Fsp3) is 0.391. The van der Waals surface area contributed by atoms with E-state index in [1.165, 1.54) is 17.1 Å². The highest BCUT2D eigenvalue weighted by atomic mass is 19.1. The van der Waals surface area contributed by atoms with Crippen LogP contribution in [-0.4, -0.2) is 34.3 Å². The summed E-state index contributed by atoms with van der Waals surface area (Å²) in [4.78, 5) is 19.5. The van der Waals surface area contributed by atoms with Crippen molar-refractivity contribution in [2.24, 2.45) is 0 Å². The summed E-state index contributed by atoms with van der Waals surface area (Å²) in [6, 6.07) is 10.7. The molecule has 1 aliphatic rings. The number of anilines is 1. The number of benzene rings is 1. The summed E-state index contributed by atoms with van der Waals surface area (Å²) in [6.45, 7) is 7.25. The number of ether oxygens (including phenoxy) is 1. The number of carbonyl (C=O) groups is 1. The molecule has 0 bridgehead atoms. The van der Waals surface area contributed by atoms with Gasteiger partial charge in [0.05, 0.1) is 23.1 Å². The molecule has 152 valence electrons. The van der Waals surface area contributed by atoms with Gasteiger partial charge < -0.3 is 9.64 Å². The molecule has 1 aromatic carbocycles. The van der Waals surface area contributed by atoms with Crippen molar-refractivity contribution in [3.63, 3.8) is 0 Å². The van der Waals surface area contributed by atoms with Crippen LogP contribution in [0.3, 0.4) is 0 Å². The maximum Gasteiger partial charge on any atom is 0.419 e. The number of aromatic nitrogens is 2. The molecule has 1 fully saturated rings. The van der Waals surface area contributed by atoms with Gasteiger partial charge in [0.25, 0.3) is 0 Å². The van der Waals surface area contributed by atoms with Crippen LogP contribution in [0, 0.1) is 5.82 Å². The van der Waals surface area contributed by atoms with Crippen LogP contribution in [-0.2, 0) is 4.74 Å². The highest BCUT2D eigenvalue weighted by Crippen LogP contribution is 2.31. The maximum absolute atomic E-state index is 15.1. The van der Waals surface area contributed by atoms with Crippen LogP contribution in [0.5, 0.6) is 0 Å². The van der Waals surface area contributed by atoms with Crippen molar-refractivity contribution in [3.05, 3.63) is 48.4 Å². The van der Waals surface area contributed by atoms with E-state index in [1.54, 1.807) is 12.3 Å². The summed E-state index contributed by atoms with van der Waals surface area (Å²) in [7, 11) is 0. The van der Waals surface area contributed by atoms with Crippen molar-refractivity contribution < 1.29 is 13.9 Å². The Kier molecular flexibility index (Phi) is 5.03. The third-order valence-electron chi connectivity index (χ3n) is 5.08. The van der Waals surface area contributed by atoms with E-state index in [0.717, 1.165) is 37.0 Å². The second-order valence-electron chi connectivity index (χ2n) is 8.48. The van der Waals surface area contributed by atoms with E-state index in [-0.39, 0.29) is 5.69 Å². The molecule has 29 heavy (non-hydrogen) atoms. The Labute approximate surface area is 170 Å². The van der Waals surface area contributed by atoms with Gasteiger partial charge in [0.2, 0.25) is 0 Å². The highest BCUT2D eigenvalue weighted by molar-refractivity contribution is 5.95. The van der Waals surface area contributed by atoms with E-state index in [4.69, 9.17) is 4.74 Å². The summed E-state index contributed by atoms with van der Waals surface area (Å²) in [5.41, 5.74) is 1.32. The molecule has 3 heterocycles. The Bertz CT molecular complexity index is 1050. The molecule has 0 amide bonds. The number of hydrogen-bond acceptors (Lipinski definition) is 4. The van der Waals surface area contributed by atoms with E-state index in [0.29, 0.717) is 11.2 Å². The highest BCUT2D eigenvalue weighted by Gasteiger charge is 2.25. The van der Waals surface area contributed by atoms with Crippen molar-refractivity contribution in [1.82, 2.24) is 9.55 Å². The average Bonchev–Trinajstić information content (AvgIpc) is 3.06. The van der Waals surface area contributed by atoms with E-state index < -0.39 is 17.5 Å². The first-order valence-electron chi connectivity index (χ1n) is 10.1. The van der Waals surface area contributed by atoms with Crippen LogP contribution in [0.25, 0.3) is 22.3 Å². The monoisotopic (exact) mass is 395 g/mol. The van der Waals surface area contributed by atoms with Crippen LogP contribution < -0.4 is 4.90 Å². The fourth-order valence-corrected chi connectivity index (χ4v) is 3.77. The number of para-hydroxylation sites is 1. The molecule has 0 unspecified atom stereocenters. The van der Waals surface area contributed by atoms with Crippen molar-refractivity contribution in [1.29, 1.82) is 0 Å². The molecular weight excluding hydrogens is 369 g/mol. The number of fused-ring (bicyclic) bond motifs is 1. The molecule has 0 aliphatic carbocycles. The van der Waals surface area contributed by atoms with Gasteiger partial charge >= 0.3 is 6.09 Å². The Morgan fingerprint density at radius 3 is 2.52 bits per heavy atom. The van der Waals surface area contributed by atoms with Crippen LogP contribution >= 0.6 is 0 Å². The quantitative estimate of drug-likeness (QED) is 0.565. The molecule has 6 heteroatoms. The first-order valence-corrected chi connectivity index (χ1v) is 10.1. The predicted molar refractivity (Wildman–Crippen MR) is 113 cm³/mol. The SMILES string of the molecule is CC(C)(C)OC(=O)n1c(-c2ncc(N3CCCCC3)cc2F)cc2ccccc21. The number of nitrogens with zero attached hydrogens (tertiary/aromatic N) is 3. The molecule has 0 atom stereocenters. The minimum atomic E-state index is -0.663. The number of piperidine rings is 1. The van der Waals surface area contributed by atoms with E-state index in [2.05, 4.69) is 9.88 Å². The zero-order valence-corrected chi connectivity index (χ0v) is 17.1.